The monoisotopic (exact) mass is 490 g/mol. The normalized spacial score (nSPS) is 29.2. The van der Waals surface area contributed by atoms with Gasteiger partial charge >= 0.3 is 23.5 Å². The maximum atomic E-state index is 11.4. The molecule has 0 aliphatic carbocycles. The van der Waals surface area contributed by atoms with Gasteiger partial charge in [-0.1, -0.05) is 13.3 Å². The summed E-state index contributed by atoms with van der Waals surface area (Å²) in [6.07, 6.45) is -7.75. The molecule has 0 radical (unpaired) electrons. The van der Waals surface area contributed by atoms with Crippen LogP contribution in [0, 0.1) is 0 Å². The van der Waals surface area contributed by atoms with Gasteiger partial charge < -0.3 is 43.6 Å². The van der Waals surface area contributed by atoms with Crippen LogP contribution in [-0.4, -0.2) is 80.4 Å². The van der Waals surface area contributed by atoms with Gasteiger partial charge in [0.15, 0.2) is 6.29 Å². The average molecular weight is 490 g/mol. The third-order valence-corrected chi connectivity index (χ3v) is 5.08. The first-order valence-electron chi connectivity index (χ1n) is 8.14. The van der Waals surface area contributed by atoms with Crippen molar-refractivity contribution in [2.24, 2.45) is 0 Å². The van der Waals surface area contributed by atoms with E-state index < -0.39 is 54.2 Å². The molecule has 1 saturated heterocycles. The van der Waals surface area contributed by atoms with Crippen LogP contribution >= 0.6 is 23.5 Å². The van der Waals surface area contributed by atoms with Gasteiger partial charge in [0.2, 0.25) is 0 Å². The number of methoxy groups -OCH3 is 1. The molecule has 5 atom stereocenters. The Kier molecular flexibility index (Phi) is 10.5. The van der Waals surface area contributed by atoms with Crippen molar-refractivity contribution in [2.75, 3.05) is 20.3 Å². The van der Waals surface area contributed by atoms with Crippen LogP contribution in [0.1, 0.15) is 19.8 Å². The van der Waals surface area contributed by atoms with Crippen LogP contribution in [0.25, 0.3) is 0 Å². The summed E-state index contributed by atoms with van der Waals surface area (Å²) >= 11 is 0. The minimum absolute atomic E-state index is 0.225. The molecule has 0 amide bonds. The van der Waals surface area contributed by atoms with Gasteiger partial charge in [-0.3, -0.25) is 13.6 Å². The number of phosphoric ester groups is 3. The van der Waals surface area contributed by atoms with E-state index in [1.807, 2.05) is 6.92 Å². The first-order valence-corrected chi connectivity index (χ1v) is 12.7. The predicted molar refractivity (Wildman–Crippen MR) is 92.1 cm³/mol. The Hall–Kier alpha value is 0.210. The van der Waals surface area contributed by atoms with Crippen molar-refractivity contribution in [3.05, 3.63) is 0 Å². The maximum Gasteiger partial charge on any atom is 0.470 e. The number of ether oxygens (including phenoxy) is 3. The van der Waals surface area contributed by atoms with Crippen molar-refractivity contribution in [1.29, 1.82) is 0 Å². The Bertz CT molecular complexity index is 639. The highest BCUT2D eigenvalue weighted by atomic mass is 31.2. The van der Waals surface area contributed by atoms with E-state index in [-0.39, 0.29) is 13.2 Å². The van der Waals surface area contributed by atoms with Crippen molar-refractivity contribution in [3.63, 3.8) is 0 Å². The lowest BCUT2D eigenvalue weighted by Gasteiger charge is -2.44. The lowest BCUT2D eigenvalue weighted by Crippen LogP contribution is -2.61. The molecule has 0 aromatic rings. The lowest BCUT2D eigenvalue weighted by atomic mass is 9.99. The molecule has 1 aliphatic rings. The smallest absolute Gasteiger partial charge is 0.379 e. The highest BCUT2D eigenvalue weighted by Crippen LogP contribution is 2.50. The Balaban J connectivity index is 3.29. The first-order chi connectivity index (χ1) is 13.2. The molecule has 0 aromatic heterocycles. The second kappa shape index (κ2) is 11.2. The highest BCUT2D eigenvalue weighted by Gasteiger charge is 2.54. The molecule has 15 nitrogen and oxygen atoms in total. The number of hydrogen-bond acceptors (Lipinski definition) is 9. The van der Waals surface area contributed by atoms with Gasteiger partial charge in [0.05, 0.1) is 6.61 Å². The molecule has 1 rings (SSSR count). The molecule has 0 spiro atoms. The quantitative estimate of drug-likeness (QED) is 0.151. The van der Waals surface area contributed by atoms with E-state index in [2.05, 4.69) is 13.6 Å². The van der Waals surface area contributed by atoms with Crippen LogP contribution in [-0.2, 0) is 41.5 Å². The molecule has 1 aliphatic heterocycles. The molecule has 0 bridgehead atoms. The Morgan fingerprint density at radius 2 is 1.31 bits per heavy atom. The van der Waals surface area contributed by atoms with Gasteiger partial charge in [0.25, 0.3) is 0 Å². The Morgan fingerprint density at radius 3 is 1.76 bits per heavy atom. The minimum Gasteiger partial charge on any atom is -0.379 e. The molecule has 6 N–H and O–H groups in total. The third kappa shape index (κ3) is 10.4. The van der Waals surface area contributed by atoms with Crippen LogP contribution in [0.5, 0.6) is 0 Å². The van der Waals surface area contributed by atoms with Crippen LogP contribution < -0.4 is 0 Å². The van der Waals surface area contributed by atoms with E-state index in [1.165, 1.54) is 0 Å². The summed E-state index contributed by atoms with van der Waals surface area (Å²) in [5.41, 5.74) is 0. The predicted octanol–water partition coefficient (Wildman–Crippen LogP) is -0.392. The highest BCUT2D eigenvalue weighted by molar-refractivity contribution is 7.47. The van der Waals surface area contributed by atoms with Crippen LogP contribution in [0.4, 0.5) is 0 Å². The van der Waals surface area contributed by atoms with Gasteiger partial charge in [-0.2, -0.15) is 0 Å². The van der Waals surface area contributed by atoms with Crippen molar-refractivity contribution in [1.82, 2.24) is 0 Å². The lowest BCUT2D eigenvalue weighted by molar-refractivity contribution is -0.287. The maximum absolute atomic E-state index is 11.4. The van der Waals surface area contributed by atoms with Crippen LogP contribution in [0.2, 0.25) is 0 Å². The van der Waals surface area contributed by atoms with Gasteiger partial charge in [0, 0.05) is 13.7 Å². The molecule has 29 heavy (non-hydrogen) atoms. The van der Waals surface area contributed by atoms with Gasteiger partial charge in [0.1, 0.15) is 24.4 Å². The molecule has 1 fully saturated rings. The van der Waals surface area contributed by atoms with E-state index in [0.29, 0.717) is 6.42 Å². The largest absolute Gasteiger partial charge is 0.470 e. The van der Waals surface area contributed by atoms with E-state index in [0.717, 1.165) is 13.5 Å². The molecule has 174 valence electrons. The standard InChI is InChI=1S/C11H25O15P3/c1-3-4-5-22-6-7-8(24-27(12,13)14)9(25-28(15,16)17)10(11(21-2)23-7)26-29(18,19)20/h7-11H,3-6H2,1-2H3,(H2,12,13,14)(H2,15,16,17)(H2,18,19,20)/t7-,8-,9-,10+,11+/m1/s1. The summed E-state index contributed by atoms with van der Waals surface area (Å²) < 4.78 is 63.1. The molecule has 1 heterocycles. The Morgan fingerprint density at radius 1 is 0.828 bits per heavy atom. The van der Waals surface area contributed by atoms with Gasteiger partial charge in [-0.15, -0.1) is 0 Å². The third-order valence-electron chi connectivity index (χ3n) is 3.52. The second-order valence-corrected chi connectivity index (χ2v) is 9.46. The fourth-order valence-electron chi connectivity index (χ4n) is 2.48. The van der Waals surface area contributed by atoms with Crippen molar-refractivity contribution < 1.29 is 70.8 Å². The van der Waals surface area contributed by atoms with Crippen LogP contribution in [0.3, 0.4) is 0 Å². The topological polar surface area (TPSA) is 228 Å². The zero-order chi connectivity index (χ0) is 22.5. The number of phosphoric acid groups is 3. The van der Waals surface area contributed by atoms with E-state index in [9.17, 15) is 33.3 Å². The molecule has 0 saturated carbocycles. The van der Waals surface area contributed by atoms with Gasteiger partial charge in [-0.25, -0.2) is 13.7 Å². The average Bonchev–Trinajstić information content (AvgIpc) is 2.52. The van der Waals surface area contributed by atoms with Crippen molar-refractivity contribution >= 4 is 23.5 Å². The van der Waals surface area contributed by atoms with E-state index in [4.69, 9.17) is 24.0 Å². The van der Waals surface area contributed by atoms with E-state index in [1.54, 1.807) is 0 Å². The molecule has 18 heteroatoms. The zero-order valence-electron chi connectivity index (χ0n) is 15.4. The summed E-state index contributed by atoms with van der Waals surface area (Å²) in [6.45, 7) is 1.74. The first kappa shape index (κ1) is 27.2. The van der Waals surface area contributed by atoms with E-state index >= 15 is 0 Å². The summed E-state index contributed by atoms with van der Waals surface area (Å²) in [5, 5.41) is 0. The SMILES string of the molecule is CCCCOC[C@H]1O[C@H](OC)[C@@H](OP(=O)(O)O)[C@H](OP(=O)(O)O)[C@@H]1OP(=O)(O)O. The second-order valence-electron chi connectivity index (χ2n) is 5.89. The van der Waals surface area contributed by atoms with Crippen molar-refractivity contribution in [2.45, 2.75) is 50.5 Å². The summed E-state index contributed by atoms with van der Waals surface area (Å²) in [5.74, 6) is 0. The molecular weight excluding hydrogens is 465 g/mol. The number of hydrogen-bond donors (Lipinski definition) is 6. The fourth-order valence-corrected chi connectivity index (χ4v) is 4.15. The van der Waals surface area contributed by atoms with Crippen LogP contribution in [0.15, 0.2) is 0 Å². The summed E-state index contributed by atoms with van der Waals surface area (Å²) in [7, 11) is -14.9. The minimum atomic E-state index is -5.36. The zero-order valence-corrected chi connectivity index (χ0v) is 18.1. The Labute approximate surface area is 165 Å². The fraction of sp³-hybridized carbons (Fsp3) is 1.00. The summed E-state index contributed by atoms with van der Waals surface area (Å²) in [6, 6.07) is 0. The molecular formula is C11H25O15P3. The number of rotatable bonds is 12. The molecule has 0 unspecified atom stereocenters. The van der Waals surface area contributed by atoms with Gasteiger partial charge in [-0.05, 0) is 6.42 Å². The molecule has 0 aromatic carbocycles. The van der Waals surface area contributed by atoms with Crippen molar-refractivity contribution in [3.8, 4) is 0 Å². The summed E-state index contributed by atoms with van der Waals surface area (Å²) in [4.78, 5) is 54.9. The number of unbranched alkanes of at least 4 members (excludes halogenated alkanes) is 1.